The second-order valence-electron chi connectivity index (χ2n) is 6.88. The summed E-state index contributed by atoms with van der Waals surface area (Å²) in [6.07, 6.45) is 10.9. The van der Waals surface area contributed by atoms with Crippen LogP contribution in [-0.2, 0) is 0 Å². The van der Waals surface area contributed by atoms with Gasteiger partial charge < -0.3 is 4.90 Å². The molecule has 0 bridgehead atoms. The minimum Gasteiger partial charge on any atom is -0.343 e. The minimum atomic E-state index is 0.598. The molecular formula is C17H25N3. The first-order chi connectivity index (χ1) is 9.66. The Hall–Kier alpha value is -1.06. The quantitative estimate of drug-likeness (QED) is 0.669. The van der Waals surface area contributed by atoms with Gasteiger partial charge in [0, 0.05) is 37.1 Å². The van der Waals surface area contributed by atoms with Crippen LogP contribution in [0.15, 0.2) is 35.2 Å². The highest BCUT2D eigenvalue weighted by Crippen LogP contribution is 2.43. The summed E-state index contributed by atoms with van der Waals surface area (Å²) in [6.45, 7) is 4.69. The van der Waals surface area contributed by atoms with Crippen LogP contribution in [0.2, 0.25) is 0 Å². The second kappa shape index (κ2) is 4.47. The molecule has 3 heteroatoms. The van der Waals surface area contributed by atoms with Crippen molar-refractivity contribution in [1.29, 1.82) is 0 Å². The van der Waals surface area contributed by atoms with Crippen molar-refractivity contribution in [2.45, 2.75) is 44.3 Å². The highest BCUT2D eigenvalue weighted by atomic mass is 15.3. The molecular weight excluding hydrogens is 246 g/mol. The largest absolute Gasteiger partial charge is 0.343 e. The van der Waals surface area contributed by atoms with Crippen LogP contribution >= 0.6 is 0 Å². The first-order valence-electron chi connectivity index (χ1n) is 7.92. The Bertz CT molecular complexity index is 516. The van der Waals surface area contributed by atoms with Gasteiger partial charge in [0.2, 0.25) is 0 Å². The van der Waals surface area contributed by atoms with Crippen LogP contribution in [0.5, 0.6) is 0 Å². The number of hydrogen-bond acceptors (Lipinski definition) is 3. The first-order valence-corrected chi connectivity index (χ1v) is 7.92. The Balaban J connectivity index is 1.75. The van der Waals surface area contributed by atoms with Gasteiger partial charge in [-0.15, -0.1) is 0 Å². The molecule has 3 aliphatic heterocycles. The molecule has 108 valence electrons. The zero-order valence-electron chi connectivity index (χ0n) is 12.8. The minimum absolute atomic E-state index is 0.598. The van der Waals surface area contributed by atoms with E-state index in [0.29, 0.717) is 18.1 Å². The Morgan fingerprint density at radius 3 is 2.80 bits per heavy atom. The van der Waals surface area contributed by atoms with Gasteiger partial charge in [-0.25, -0.2) is 0 Å². The van der Waals surface area contributed by atoms with Gasteiger partial charge in [0.25, 0.3) is 0 Å². The zero-order chi connectivity index (χ0) is 13.9. The third-order valence-corrected chi connectivity index (χ3v) is 5.66. The average molecular weight is 271 g/mol. The van der Waals surface area contributed by atoms with Crippen molar-refractivity contribution < 1.29 is 0 Å². The van der Waals surface area contributed by atoms with E-state index in [1.165, 1.54) is 43.6 Å². The van der Waals surface area contributed by atoms with Crippen molar-refractivity contribution in [3.8, 4) is 0 Å². The SMILES string of the molecule is CC1=CN2C3=C(CCC=C3)C[C@H]2[C@H]2C1N(C)CCN2C. The number of allylic oxidation sites excluding steroid dienone is 2. The Kier molecular flexibility index (Phi) is 2.83. The summed E-state index contributed by atoms with van der Waals surface area (Å²) in [5, 5.41) is 0. The van der Waals surface area contributed by atoms with Gasteiger partial charge in [-0.05, 0) is 57.5 Å². The van der Waals surface area contributed by atoms with Gasteiger partial charge in [-0.2, -0.15) is 0 Å². The molecule has 0 aromatic heterocycles. The van der Waals surface area contributed by atoms with Crippen LogP contribution in [0.1, 0.15) is 26.2 Å². The third-order valence-electron chi connectivity index (χ3n) is 5.66. The number of piperazine rings is 1. The van der Waals surface area contributed by atoms with Crippen LogP contribution < -0.4 is 0 Å². The molecule has 3 heterocycles. The molecule has 1 unspecified atom stereocenters. The summed E-state index contributed by atoms with van der Waals surface area (Å²) in [5.41, 5.74) is 4.71. The fourth-order valence-electron chi connectivity index (χ4n) is 4.68. The molecule has 0 amide bonds. The molecule has 4 rings (SSSR count). The van der Waals surface area contributed by atoms with E-state index in [2.05, 4.69) is 54.1 Å². The lowest BCUT2D eigenvalue weighted by Gasteiger charge is -2.52. The fraction of sp³-hybridized carbons (Fsp3) is 0.647. The van der Waals surface area contributed by atoms with Crippen molar-refractivity contribution in [3.63, 3.8) is 0 Å². The molecule has 0 saturated carbocycles. The van der Waals surface area contributed by atoms with E-state index in [-0.39, 0.29) is 0 Å². The van der Waals surface area contributed by atoms with E-state index in [9.17, 15) is 0 Å². The second-order valence-corrected chi connectivity index (χ2v) is 6.88. The lowest BCUT2D eigenvalue weighted by molar-refractivity contribution is 0.0224. The van der Waals surface area contributed by atoms with Crippen molar-refractivity contribution in [2.24, 2.45) is 0 Å². The van der Waals surface area contributed by atoms with Crippen LogP contribution in [-0.4, -0.2) is 60.0 Å². The van der Waals surface area contributed by atoms with Gasteiger partial charge >= 0.3 is 0 Å². The molecule has 20 heavy (non-hydrogen) atoms. The molecule has 4 aliphatic rings. The van der Waals surface area contributed by atoms with Crippen LogP contribution in [0.4, 0.5) is 0 Å². The lowest BCUT2D eigenvalue weighted by atomic mass is 9.85. The maximum Gasteiger partial charge on any atom is 0.0548 e. The summed E-state index contributed by atoms with van der Waals surface area (Å²) >= 11 is 0. The summed E-state index contributed by atoms with van der Waals surface area (Å²) in [7, 11) is 4.61. The summed E-state index contributed by atoms with van der Waals surface area (Å²) in [4.78, 5) is 7.74. The number of likely N-dealkylation sites (N-methyl/N-ethyl adjacent to an activating group) is 2. The molecule has 0 N–H and O–H groups in total. The predicted molar refractivity (Wildman–Crippen MR) is 82.2 cm³/mol. The van der Waals surface area contributed by atoms with Crippen molar-refractivity contribution >= 4 is 0 Å². The fourth-order valence-corrected chi connectivity index (χ4v) is 4.68. The predicted octanol–water partition coefficient (Wildman–Crippen LogP) is 2.20. The summed E-state index contributed by atoms with van der Waals surface area (Å²) in [5.74, 6) is 0. The van der Waals surface area contributed by atoms with E-state index >= 15 is 0 Å². The smallest absolute Gasteiger partial charge is 0.0548 e. The summed E-state index contributed by atoms with van der Waals surface area (Å²) < 4.78 is 0. The molecule has 0 aromatic carbocycles. The topological polar surface area (TPSA) is 9.72 Å². The maximum atomic E-state index is 2.60. The number of fused-ring (bicyclic) bond motifs is 4. The van der Waals surface area contributed by atoms with Crippen LogP contribution in [0.25, 0.3) is 0 Å². The van der Waals surface area contributed by atoms with E-state index in [1.54, 1.807) is 5.57 Å². The van der Waals surface area contributed by atoms with E-state index < -0.39 is 0 Å². The molecule has 3 nitrogen and oxygen atoms in total. The van der Waals surface area contributed by atoms with Gasteiger partial charge in [0.15, 0.2) is 0 Å². The lowest BCUT2D eigenvalue weighted by Crippen LogP contribution is -2.65. The van der Waals surface area contributed by atoms with Gasteiger partial charge in [0.1, 0.15) is 0 Å². The number of rotatable bonds is 0. The highest BCUT2D eigenvalue weighted by molar-refractivity contribution is 5.40. The van der Waals surface area contributed by atoms with Crippen molar-refractivity contribution in [1.82, 2.24) is 14.7 Å². The zero-order valence-corrected chi connectivity index (χ0v) is 12.8. The van der Waals surface area contributed by atoms with Crippen molar-refractivity contribution in [2.75, 3.05) is 27.2 Å². The molecule has 3 atom stereocenters. The third kappa shape index (κ3) is 1.66. The number of nitrogens with zero attached hydrogens (tertiary/aromatic N) is 3. The Morgan fingerprint density at radius 2 is 1.95 bits per heavy atom. The van der Waals surface area contributed by atoms with E-state index in [4.69, 9.17) is 0 Å². The Morgan fingerprint density at radius 1 is 1.15 bits per heavy atom. The molecule has 1 aliphatic carbocycles. The normalized spacial score (nSPS) is 37.6. The van der Waals surface area contributed by atoms with Gasteiger partial charge in [-0.3, -0.25) is 9.80 Å². The molecule has 1 fully saturated rings. The van der Waals surface area contributed by atoms with E-state index in [0.717, 1.165) is 0 Å². The molecule has 0 radical (unpaired) electrons. The van der Waals surface area contributed by atoms with Gasteiger partial charge in [-0.1, -0.05) is 6.08 Å². The standard InChI is InChI=1S/C17H25N3/c1-12-11-20-14-7-5-4-6-13(14)10-15(20)17-16(12)18(2)8-9-19(17)3/h5,7,11,15-17H,4,6,8-10H2,1-3H3/t15-,16?,17-/m0/s1. The van der Waals surface area contributed by atoms with Crippen LogP contribution in [0, 0.1) is 0 Å². The van der Waals surface area contributed by atoms with E-state index in [1.807, 2.05) is 0 Å². The summed E-state index contributed by atoms with van der Waals surface area (Å²) in [6, 6.07) is 1.88. The first kappa shape index (κ1) is 12.7. The van der Waals surface area contributed by atoms with Crippen LogP contribution in [0.3, 0.4) is 0 Å². The monoisotopic (exact) mass is 271 g/mol. The highest BCUT2D eigenvalue weighted by Gasteiger charge is 2.47. The van der Waals surface area contributed by atoms with Gasteiger partial charge in [0.05, 0.1) is 6.04 Å². The maximum absolute atomic E-state index is 2.60. The number of hydrogen-bond donors (Lipinski definition) is 0. The Labute approximate surface area is 122 Å². The molecule has 0 spiro atoms. The van der Waals surface area contributed by atoms with Crippen molar-refractivity contribution in [3.05, 3.63) is 35.2 Å². The average Bonchev–Trinajstić information content (AvgIpc) is 2.81. The molecule has 1 saturated heterocycles. The molecule has 0 aromatic rings.